The number of fused-ring (bicyclic) bond motifs is 1. The van der Waals surface area contributed by atoms with E-state index in [4.69, 9.17) is 4.52 Å². The van der Waals surface area contributed by atoms with Gasteiger partial charge in [0.25, 0.3) is 5.91 Å². The van der Waals surface area contributed by atoms with E-state index in [0.717, 1.165) is 36.6 Å². The first kappa shape index (κ1) is 18.3. The van der Waals surface area contributed by atoms with Crippen molar-refractivity contribution in [1.82, 2.24) is 10.1 Å². The number of para-hydroxylation sites is 2. The number of carbonyl (C=O) groups excluding carboxylic acids is 1. The van der Waals surface area contributed by atoms with Gasteiger partial charge in [-0.25, -0.2) is 0 Å². The molecule has 0 saturated heterocycles. The first-order chi connectivity index (χ1) is 13.6. The zero-order valence-corrected chi connectivity index (χ0v) is 16.2. The number of hydrogen-bond acceptors (Lipinski definition) is 5. The predicted octanol–water partition coefficient (Wildman–Crippen LogP) is 3.37. The number of hydrogen-bond donors (Lipinski definition) is 0. The van der Waals surface area contributed by atoms with Gasteiger partial charge in [-0.3, -0.25) is 4.79 Å². The maximum Gasteiger partial charge on any atom is 0.280 e. The lowest BCUT2D eigenvalue weighted by Gasteiger charge is -2.37. The third-order valence-corrected chi connectivity index (χ3v) is 4.96. The summed E-state index contributed by atoms with van der Waals surface area (Å²) >= 11 is 0. The molecule has 1 aliphatic heterocycles. The Balaban J connectivity index is 1.58. The third kappa shape index (κ3) is 3.64. The summed E-state index contributed by atoms with van der Waals surface area (Å²) in [7, 11) is 4.14. The second-order valence-electron chi connectivity index (χ2n) is 7.18. The Kier molecular flexibility index (Phi) is 5.12. The van der Waals surface area contributed by atoms with Crippen LogP contribution >= 0.6 is 0 Å². The first-order valence-corrected chi connectivity index (χ1v) is 9.46. The molecule has 0 saturated carbocycles. The van der Waals surface area contributed by atoms with Gasteiger partial charge in [0, 0.05) is 37.8 Å². The fraction of sp³-hybridized carbons (Fsp3) is 0.273. The monoisotopic (exact) mass is 376 g/mol. The van der Waals surface area contributed by atoms with Crippen molar-refractivity contribution in [2.24, 2.45) is 0 Å². The quantitative estimate of drug-likeness (QED) is 0.683. The Morgan fingerprint density at radius 3 is 2.50 bits per heavy atom. The molecule has 1 amide bonds. The molecule has 0 spiro atoms. The van der Waals surface area contributed by atoms with Gasteiger partial charge >= 0.3 is 0 Å². The molecular formula is C22H24N4O2. The molecule has 0 unspecified atom stereocenters. The maximum atomic E-state index is 13.2. The van der Waals surface area contributed by atoms with Crippen LogP contribution in [0.2, 0.25) is 0 Å². The molecular weight excluding hydrogens is 352 g/mol. The number of benzene rings is 2. The van der Waals surface area contributed by atoms with E-state index in [0.29, 0.717) is 18.0 Å². The molecule has 0 bridgehead atoms. The van der Waals surface area contributed by atoms with Gasteiger partial charge in [-0.15, -0.1) is 0 Å². The Bertz CT molecular complexity index is 952. The molecule has 2 aromatic carbocycles. The van der Waals surface area contributed by atoms with Crippen molar-refractivity contribution >= 4 is 17.3 Å². The van der Waals surface area contributed by atoms with Crippen molar-refractivity contribution in [2.45, 2.75) is 0 Å². The van der Waals surface area contributed by atoms with E-state index in [1.54, 1.807) is 11.0 Å². The van der Waals surface area contributed by atoms with Crippen LogP contribution in [0.1, 0.15) is 10.5 Å². The molecule has 0 atom stereocenters. The van der Waals surface area contributed by atoms with Crippen LogP contribution in [0, 0.1) is 0 Å². The number of likely N-dealkylation sites (N-methyl/N-ethyl adjacent to an activating group) is 1. The van der Waals surface area contributed by atoms with Gasteiger partial charge in [0.05, 0.1) is 11.4 Å². The van der Waals surface area contributed by atoms with Crippen molar-refractivity contribution in [1.29, 1.82) is 0 Å². The van der Waals surface area contributed by atoms with Crippen molar-refractivity contribution in [3.05, 3.63) is 66.4 Å². The van der Waals surface area contributed by atoms with Crippen LogP contribution in [0.15, 0.2) is 65.2 Å². The standard InChI is InChI=1S/C22H24N4O2/c1-24(2)12-13-25-14-15-26(20-11-7-6-10-19(20)25)22(27)18-16-21(28-23-18)17-8-4-3-5-9-17/h3-11,16H,12-15H2,1-2H3. The Labute approximate surface area is 165 Å². The van der Waals surface area contributed by atoms with E-state index in [2.05, 4.69) is 35.1 Å². The smallest absolute Gasteiger partial charge is 0.280 e. The molecule has 1 aromatic heterocycles. The lowest BCUT2D eigenvalue weighted by Crippen LogP contribution is -2.46. The zero-order chi connectivity index (χ0) is 19.5. The first-order valence-electron chi connectivity index (χ1n) is 9.46. The van der Waals surface area contributed by atoms with E-state index in [1.165, 1.54) is 0 Å². The Hall–Kier alpha value is -3.12. The van der Waals surface area contributed by atoms with Crippen molar-refractivity contribution < 1.29 is 9.32 Å². The number of amides is 1. The van der Waals surface area contributed by atoms with E-state index in [9.17, 15) is 4.79 Å². The molecule has 2 heterocycles. The maximum absolute atomic E-state index is 13.2. The third-order valence-electron chi connectivity index (χ3n) is 4.96. The fourth-order valence-corrected chi connectivity index (χ4v) is 3.44. The van der Waals surface area contributed by atoms with Gasteiger partial charge < -0.3 is 19.2 Å². The van der Waals surface area contributed by atoms with E-state index in [-0.39, 0.29) is 5.91 Å². The highest BCUT2D eigenvalue weighted by Crippen LogP contribution is 2.33. The molecule has 144 valence electrons. The lowest BCUT2D eigenvalue weighted by molar-refractivity contribution is 0.0978. The second-order valence-corrected chi connectivity index (χ2v) is 7.18. The Morgan fingerprint density at radius 1 is 1.04 bits per heavy atom. The highest BCUT2D eigenvalue weighted by atomic mass is 16.5. The average Bonchev–Trinajstić information content (AvgIpc) is 3.22. The van der Waals surface area contributed by atoms with E-state index >= 15 is 0 Å². The minimum Gasteiger partial charge on any atom is -0.367 e. The van der Waals surface area contributed by atoms with Gasteiger partial charge in [0.15, 0.2) is 11.5 Å². The van der Waals surface area contributed by atoms with Crippen LogP contribution < -0.4 is 9.80 Å². The number of aromatic nitrogens is 1. The van der Waals surface area contributed by atoms with Gasteiger partial charge in [0.1, 0.15) is 0 Å². The molecule has 0 aliphatic carbocycles. The van der Waals surface area contributed by atoms with Crippen LogP contribution in [0.25, 0.3) is 11.3 Å². The minimum atomic E-state index is -0.134. The lowest BCUT2D eigenvalue weighted by atomic mass is 10.1. The predicted molar refractivity (Wildman–Crippen MR) is 111 cm³/mol. The minimum absolute atomic E-state index is 0.134. The second kappa shape index (κ2) is 7.86. The summed E-state index contributed by atoms with van der Waals surface area (Å²) < 4.78 is 5.42. The number of nitrogens with zero attached hydrogens (tertiary/aromatic N) is 4. The number of rotatable bonds is 5. The highest BCUT2D eigenvalue weighted by Gasteiger charge is 2.29. The van der Waals surface area contributed by atoms with Crippen LogP contribution in [-0.2, 0) is 0 Å². The molecule has 0 radical (unpaired) electrons. The summed E-state index contributed by atoms with van der Waals surface area (Å²) in [6, 6.07) is 19.4. The highest BCUT2D eigenvalue weighted by molar-refractivity contribution is 6.07. The zero-order valence-electron chi connectivity index (χ0n) is 16.2. The Morgan fingerprint density at radius 2 is 1.75 bits per heavy atom. The van der Waals surface area contributed by atoms with E-state index in [1.807, 2.05) is 48.5 Å². The van der Waals surface area contributed by atoms with Crippen molar-refractivity contribution in [2.75, 3.05) is 50.1 Å². The normalized spacial score (nSPS) is 13.7. The molecule has 4 rings (SSSR count). The van der Waals surface area contributed by atoms with Gasteiger partial charge in [0.2, 0.25) is 0 Å². The fourth-order valence-electron chi connectivity index (χ4n) is 3.44. The summed E-state index contributed by atoms with van der Waals surface area (Å²) in [6.07, 6.45) is 0. The molecule has 0 fully saturated rings. The van der Waals surface area contributed by atoms with Crippen LogP contribution in [0.4, 0.5) is 11.4 Å². The summed E-state index contributed by atoms with van der Waals surface area (Å²) in [5.74, 6) is 0.465. The largest absolute Gasteiger partial charge is 0.367 e. The molecule has 0 N–H and O–H groups in total. The van der Waals surface area contributed by atoms with Crippen LogP contribution in [-0.4, -0.2) is 56.2 Å². The molecule has 3 aromatic rings. The summed E-state index contributed by atoms with van der Waals surface area (Å²) in [6.45, 7) is 3.30. The number of anilines is 2. The van der Waals surface area contributed by atoms with Crippen molar-refractivity contribution in [3.63, 3.8) is 0 Å². The van der Waals surface area contributed by atoms with Gasteiger partial charge in [-0.05, 0) is 26.2 Å². The van der Waals surface area contributed by atoms with Crippen molar-refractivity contribution in [3.8, 4) is 11.3 Å². The summed E-state index contributed by atoms with van der Waals surface area (Å²) in [5, 5.41) is 4.03. The van der Waals surface area contributed by atoms with E-state index < -0.39 is 0 Å². The average molecular weight is 376 g/mol. The molecule has 6 heteroatoms. The SMILES string of the molecule is CN(C)CCN1CCN(C(=O)c2cc(-c3ccccc3)on2)c2ccccc21. The van der Waals surface area contributed by atoms with Gasteiger partial charge in [-0.1, -0.05) is 47.6 Å². The van der Waals surface area contributed by atoms with Gasteiger partial charge in [-0.2, -0.15) is 0 Å². The summed E-state index contributed by atoms with van der Waals surface area (Å²) in [5.41, 5.74) is 3.23. The number of carbonyl (C=O) groups is 1. The van der Waals surface area contributed by atoms with Crippen LogP contribution in [0.5, 0.6) is 0 Å². The topological polar surface area (TPSA) is 52.8 Å². The molecule has 6 nitrogen and oxygen atoms in total. The molecule has 1 aliphatic rings. The summed E-state index contributed by atoms with van der Waals surface area (Å²) in [4.78, 5) is 19.5. The molecule has 28 heavy (non-hydrogen) atoms. The van der Waals surface area contributed by atoms with Crippen LogP contribution in [0.3, 0.4) is 0 Å².